The van der Waals surface area contributed by atoms with Gasteiger partial charge in [0.2, 0.25) is 0 Å². The predicted molar refractivity (Wildman–Crippen MR) is 111 cm³/mol. The number of ether oxygens (including phenoxy) is 1. The lowest BCUT2D eigenvalue weighted by atomic mass is 10.3. The van der Waals surface area contributed by atoms with Crippen molar-refractivity contribution in [2.45, 2.75) is 26.3 Å². The first kappa shape index (κ1) is 22.6. The Morgan fingerprint density at radius 1 is 1.26 bits per heavy atom. The first-order chi connectivity index (χ1) is 10.7. The van der Waals surface area contributed by atoms with Crippen LogP contribution in [0.25, 0.3) is 0 Å². The molecule has 0 atom stereocenters. The van der Waals surface area contributed by atoms with Crippen molar-refractivity contribution < 1.29 is 4.74 Å². The molecule has 0 radical (unpaired) electrons. The molecule has 0 saturated heterocycles. The third-order valence-electron chi connectivity index (χ3n) is 3.39. The van der Waals surface area contributed by atoms with E-state index in [1.165, 1.54) is 9.75 Å². The summed E-state index contributed by atoms with van der Waals surface area (Å²) in [6.45, 7) is 6.76. The zero-order valence-electron chi connectivity index (χ0n) is 14.7. The summed E-state index contributed by atoms with van der Waals surface area (Å²) in [6, 6.07) is 4.39. The van der Waals surface area contributed by atoms with Gasteiger partial charge in [-0.1, -0.05) is 6.92 Å². The van der Waals surface area contributed by atoms with Crippen LogP contribution >= 0.6 is 35.3 Å². The summed E-state index contributed by atoms with van der Waals surface area (Å²) < 4.78 is 5.07. The number of methoxy groups -OCH3 is 1. The first-order valence-electron chi connectivity index (χ1n) is 7.89. The van der Waals surface area contributed by atoms with E-state index in [0.29, 0.717) is 0 Å². The number of hydrogen-bond acceptors (Lipinski definition) is 4. The van der Waals surface area contributed by atoms with Gasteiger partial charge in [-0.15, -0.1) is 35.3 Å². The molecule has 7 heteroatoms. The van der Waals surface area contributed by atoms with Gasteiger partial charge in [0.25, 0.3) is 0 Å². The van der Waals surface area contributed by atoms with Crippen molar-refractivity contribution in [3.8, 4) is 0 Å². The molecule has 2 N–H and O–H groups in total. The Balaban J connectivity index is 0.00000484. The standard InChI is InChI=1S/C16H30N4OS.HI/c1-5-14-7-8-15(22-14)13-19-16(17-2)18-9-11-20(3)10-6-12-21-4;/h7-8H,5-6,9-13H2,1-4H3,(H2,17,18,19);1H. The van der Waals surface area contributed by atoms with Gasteiger partial charge >= 0.3 is 0 Å². The molecule has 1 heterocycles. The average molecular weight is 454 g/mol. The summed E-state index contributed by atoms with van der Waals surface area (Å²) in [5.41, 5.74) is 0. The van der Waals surface area contributed by atoms with Gasteiger partial charge in [-0.2, -0.15) is 0 Å². The number of aliphatic imine (C=N–C) groups is 1. The Hall–Kier alpha value is -0.380. The van der Waals surface area contributed by atoms with Gasteiger partial charge in [-0.25, -0.2) is 0 Å². The van der Waals surface area contributed by atoms with Crippen LogP contribution in [0, 0.1) is 0 Å². The molecule has 0 aliphatic rings. The Bertz CT molecular complexity index is 439. The zero-order chi connectivity index (χ0) is 16.2. The van der Waals surface area contributed by atoms with E-state index >= 15 is 0 Å². The third-order valence-corrected chi connectivity index (χ3v) is 4.62. The molecule has 1 aromatic heterocycles. The van der Waals surface area contributed by atoms with Crippen molar-refractivity contribution in [1.29, 1.82) is 0 Å². The highest BCUT2D eigenvalue weighted by atomic mass is 127. The number of aryl methyl sites for hydroxylation is 1. The summed E-state index contributed by atoms with van der Waals surface area (Å²) in [5.74, 6) is 0.858. The van der Waals surface area contributed by atoms with Crippen molar-refractivity contribution >= 4 is 41.3 Å². The minimum Gasteiger partial charge on any atom is -0.385 e. The van der Waals surface area contributed by atoms with Gasteiger partial charge in [-0.05, 0) is 32.0 Å². The fourth-order valence-electron chi connectivity index (χ4n) is 2.05. The molecule has 5 nitrogen and oxygen atoms in total. The summed E-state index contributed by atoms with van der Waals surface area (Å²) in [5, 5.41) is 6.71. The molecule has 134 valence electrons. The lowest BCUT2D eigenvalue weighted by Crippen LogP contribution is -2.40. The van der Waals surface area contributed by atoms with Crippen LogP contribution in [0.4, 0.5) is 0 Å². The lowest BCUT2D eigenvalue weighted by Gasteiger charge is -2.18. The van der Waals surface area contributed by atoms with Gasteiger partial charge in [0.05, 0.1) is 6.54 Å². The average Bonchev–Trinajstić information content (AvgIpc) is 2.99. The summed E-state index contributed by atoms with van der Waals surface area (Å²) >= 11 is 1.86. The molecule has 1 rings (SSSR count). The molecule has 0 aliphatic carbocycles. The molecule has 0 bridgehead atoms. The van der Waals surface area contributed by atoms with Crippen LogP contribution in [-0.4, -0.2) is 58.3 Å². The van der Waals surface area contributed by atoms with Crippen molar-refractivity contribution in [2.24, 2.45) is 4.99 Å². The van der Waals surface area contributed by atoms with E-state index in [2.05, 4.69) is 46.6 Å². The van der Waals surface area contributed by atoms with Crippen LogP contribution in [0.2, 0.25) is 0 Å². The van der Waals surface area contributed by atoms with Gasteiger partial charge in [0.15, 0.2) is 5.96 Å². The van der Waals surface area contributed by atoms with Crippen LogP contribution in [0.1, 0.15) is 23.1 Å². The van der Waals surface area contributed by atoms with Crippen LogP contribution in [0.5, 0.6) is 0 Å². The normalized spacial score (nSPS) is 11.4. The van der Waals surface area contributed by atoms with E-state index in [0.717, 1.165) is 51.6 Å². The Kier molecular flexibility index (Phi) is 13.8. The first-order valence-corrected chi connectivity index (χ1v) is 8.70. The minimum absolute atomic E-state index is 0. The molecule has 0 amide bonds. The molecular weight excluding hydrogens is 423 g/mol. The van der Waals surface area contributed by atoms with E-state index in [1.807, 2.05) is 18.4 Å². The third kappa shape index (κ3) is 10.2. The molecule has 1 aromatic rings. The Labute approximate surface area is 161 Å². The Morgan fingerprint density at radius 2 is 2.00 bits per heavy atom. The number of guanidine groups is 1. The van der Waals surface area contributed by atoms with E-state index in [9.17, 15) is 0 Å². The molecular formula is C16H31IN4OS. The molecule has 0 saturated carbocycles. The zero-order valence-corrected chi connectivity index (χ0v) is 17.9. The minimum atomic E-state index is 0. The molecule has 23 heavy (non-hydrogen) atoms. The highest BCUT2D eigenvalue weighted by molar-refractivity contribution is 14.0. The maximum Gasteiger partial charge on any atom is 0.191 e. The van der Waals surface area contributed by atoms with Crippen LogP contribution in [0.15, 0.2) is 17.1 Å². The SMILES string of the molecule is CCc1ccc(CNC(=NC)NCCN(C)CCCOC)s1.I. The monoisotopic (exact) mass is 454 g/mol. The van der Waals surface area contributed by atoms with Crippen LogP contribution in [-0.2, 0) is 17.7 Å². The quantitative estimate of drug-likeness (QED) is 0.247. The fraction of sp³-hybridized carbons (Fsp3) is 0.688. The van der Waals surface area contributed by atoms with Crippen molar-refractivity contribution in [1.82, 2.24) is 15.5 Å². The maximum atomic E-state index is 5.07. The van der Waals surface area contributed by atoms with E-state index < -0.39 is 0 Å². The second kappa shape index (κ2) is 14.0. The smallest absolute Gasteiger partial charge is 0.191 e. The van der Waals surface area contributed by atoms with Gasteiger partial charge < -0.3 is 20.3 Å². The number of halogens is 1. The van der Waals surface area contributed by atoms with Crippen LogP contribution < -0.4 is 10.6 Å². The molecule has 0 fully saturated rings. The number of nitrogens with zero attached hydrogens (tertiary/aromatic N) is 2. The lowest BCUT2D eigenvalue weighted by molar-refractivity contribution is 0.180. The fourth-order valence-corrected chi connectivity index (χ4v) is 2.95. The second-order valence-electron chi connectivity index (χ2n) is 5.22. The number of nitrogens with one attached hydrogen (secondary N) is 2. The number of thiophene rings is 1. The summed E-state index contributed by atoms with van der Waals surface area (Å²) in [7, 11) is 5.68. The molecule has 0 aromatic carbocycles. The summed E-state index contributed by atoms with van der Waals surface area (Å²) in [6.07, 6.45) is 2.17. The van der Waals surface area contributed by atoms with Crippen molar-refractivity contribution in [3.63, 3.8) is 0 Å². The van der Waals surface area contributed by atoms with Crippen LogP contribution in [0.3, 0.4) is 0 Å². The van der Waals surface area contributed by atoms with Gasteiger partial charge in [0, 0.05) is 50.2 Å². The van der Waals surface area contributed by atoms with Gasteiger partial charge in [-0.3, -0.25) is 4.99 Å². The topological polar surface area (TPSA) is 48.9 Å². The molecule has 0 aliphatic heterocycles. The number of likely N-dealkylation sites (N-methyl/N-ethyl adjacent to an activating group) is 1. The van der Waals surface area contributed by atoms with Crippen molar-refractivity contribution in [2.75, 3.05) is 47.4 Å². The van der Waals surface area contributed by atoms with E-state index in [4.69, 9.17) is 4.74 Å². The number of hydrogen-bond donors (Lipinski definition) is 2. The summed E-state index contributed by atoms with van der Waals surface area (Å²) in [4.78, 5) is 9.33. The maximum absolute atomic E-state index is 5.07. The van der Waals surface area contributed by atoms with Gasteiger partial charge in [0.1, 0.15) is 0 Å². The van der Waals surface area contributed by atoms with E-state index in [1.54, 1.807) is 7.11 Å². The van der Waals surface area contributed by atoms with E-state index in [-0.39, 0.29) is 24.0 Å². The predicted octanol–water partition coefficient (Wildman–Crippen LogP) is 2.56. The largest absolute Gasteiger partial charge is 0.385 e. The second-order valence-corrected chi connectivity index (χ2v) is 6.48. The molecule has 0 unspecified atom stereocenters. The highest BCUT2D eigenvalue weighted by Crippen LogP contribution is 2.16. The highest BCUT2D eigenvalue weighted by Gasteiger charge is 2.02. The molecule has 0 spiro atoms. The van der Waals surface area contributed by atoms with Crippen molar-refractivity contribution in [3.05, 3.63) is 21.9 Å². The number of rotatable bonds is 10. The Morgan fingerprint density at radius 3 is 2.61 bits per heavy atom.